The Labute approximate surface area is 216 Å². The molecule has 0 aliphatic carbocycles. The number of allylic oxidation sites excluding steroid dienone is 1. The zero-order valence-electron chi connectivity index (χ0n) is 20.2. The van der Waals surface area contributed by atoms with Crippen molar-refractivity contribution in [1.82, 2.24) is 4.98 Å². The van der Waals surface area contributed by atoms with Crippen molar-refractivity contribution < 1.29 is 28.5 Å². The van der Waals surface area contributed by atoms with Crippen LogP contribution in [0.1, 0.15) is 37.5 Å². The van der Waals surface area contributed by atoms with Crippen molar-refractivity contribution in [3.8, 4) is 23.1 Å². The summed E-state index contributed by atoms with van der Waals surface area (Å²) in [5.74, 6) is -0.407. The summed E-state index contributed by atoms with van der Waals surface area (Å²) in [5.41, 5.74) is 2.53. The molecule has 0 atom stereocenters. The molecular weight excluding hydrogens is 502 g/mol. The number of benzene rings is 1. The van der Waals surface area contributed by atoms with Gasteiger partial charge in [-0.2, -0.15) is 5.26 Å². The van der Waals surface area contributed by atoms with Gasteiger partial charge in [-0.05, 0) is 43.7 Å². The van der Waals surface area contributed by atoms with E-state index >= 15 is 0 Å². The molecule has 9 nitrogen and oxygen atoms in total. The summed E-state index contributed by atoms with van der Waals surface area (Å²) in [6.07, 6.45) is 1.46. The lowest BCUT2D eigenvalue weighted by Crippen LogP contribution is -2.11. The fourth-order valence-corrected chi connectivity index (χ4v) is 4.97. The molecule has 0 bridgehead atoms. The predicted octanol–water partition coefficient (Wildman–Crippen LogP) is 5.15. The molecule has 3 aromatic rings. The molecule has 1 aromatic carbocycles. The number of methoxy groups -OCH3 is 2. The van der Waals surface area contributed by atoms with Crippen LogP contribution in [0.25, 0.3) is 16.8 Å². The minimum atomic E-state index is -0.576. The summed E-state index contributed by atoms with van der Waals surface area (Å²) in [5, 5.41) is 15.5. The maximum absolute atomic E-state index is 12.6. The minimum Gasteiger partial charge on any atom is -0.497 e. The Bertz CT molecular complexity index is 1290. The summed E-state index contributed by atoms with van der Waals surface area (Å²) in [4.78, 5) is 30.0. The molecule has 0 radical (unpaired) electrons. The Hall–Kier alpha value is -3.72. The molecule has 0 saturated carbocycles. The van der Waals surface area contributed by atoms with E-state index in [1.165, 1.54) is 24.6 Å². The number of anilines is 1. The van der Waals surface area contributed by atoms with Crippen LogP contribution in [0.2, 0.25) is 0 Å². The van der Waals surface area contributed by atoms with Crippen molar-refractivity contribution in [3.63, 3.8) is 0 Å². The molecule has 0 aliphatic heterocycles. The number of ether oxygens (including phenoxy) is 4. The third-order valence-electron chi connectivity index (χ3n) is 4.92. The molecule has 36 heavy (non-hydrogen) atoms. The first-order chi connectivity index (χ1) is 17.4. The molecule has 0 fully saturated rings. The van der Waals surface area contributed by atoms with Crippen LogP contribution in [0.15, 0.2) is 35.8 Å². The normalized spacial score (nSPS) is 11.0. The minimum absolute atomic E-state index is 0.0865. The van der Waals surface area contributed by atoms with E-state index in [9.17, 15) is 14.9 Å². The highest BCUT2D eigenvalue weighted by Gasteiger charge is 2.26. The summed E-state index contributed by atoms with van der Waals surface area (Å²) < 4.78 is 20.5. The van der Waals surface area contributed by atoms with E-state index in [-0.39, 0.29) is 35.8 Å². The first kappa shape index (κ1) is 26.9. The van der Waals surface area contributed by atoms with Crippen molar-refractivity contribution in [2.75, 3.05) is 39.4 Å². The monoisotopic (exact) mass is 527 g/mol. The molecule has 3 rings (SSSR count). The standard InChI is InChI=1S/C25H25N3O6S2/c1-5-33-24(29)20-15(2)21(25(30)34-11-10-31-3)36-23(20)27-13-17(12-26)22-28-19(14-35-22)16-6-8-18(32-4)9-7-16/h6-9,13-14,27H,5,10-11H2,1-4H3/b17-13-. The molecule has 0 aliphatic rings. The second kappa shape index (κ2) is 12.8. The molecule has 11 heteroatoms. The zero-order chi connectivity index (χ0) is 26.1. The maximum Gasteiger partial charge on any atom is 0.348 e. The van der Waals surface area contributed by atoms with E-state index in [1.807, 2.05) is 29.6 Å². The number of carbonyl (C=O) groups is 2. The summed E-state index contributed by atoms with van der Waals surface area (Å²) in [6, 6.07) is 9.59. The van der Waals surface area contributed by atoms with E-state index < -0.39 is 11.9 Å². The third kappa shape index (κ3) is 6.28. The van der Waals surface area contributed by atoms with Gasteiger partial charge in [0.15, 0.2) is 0 Å². The van der Waals surface area contributed by atoms with Gasteiger partial charge in [-0.1, -0.05) is 0 Å². The van der Waals surface area contributed by atoms with Crippen molar-refractivity contribution in [2.45, 2.75) is 13.8 Å². The molecule has 1 N–H and O–H groups in total. The van der Waals surface area contributed by atoms with E-state index in [0.717, 1.165) is 28.3 Å². The number of esters is 2. The van der Waals surface area contributed by atoms with Crippen LogP contribution >= 0.6 is 22.7 Å². The number of carbonyl (C=O) groups excluding carboxylic acids is 2. The predicted molar refractivity (Wildman–Crippen MR) is 138 cm³/mol. The Kier molecular flexibility index (Phi) is 9.58. The van der Waals surface area contributed by atoms with Gasteiger partial charge >= 0.3 is 11.9 Å². The summed E-state index contributed by atoms with van der Waals surface area (Å²) in [6.45, 7) is 3.87. The first-order valence-electron chi connectivity index (χ1n) is 10.9. The zero-order valence-corrected chi connectivity index (χ0v) is 21.9. The van der Waals surface area contributed by atoms with Crippen LogP contribution in [0.5, 0.6) is 5.75 Å². The van der Waals surface area contributed by atoms with Gasteiger partial charge in [0.05, 0.1) is 31.6 Å². The van der Waals surface area contributed by atoms with Gasteiger partial charge < -0.3 is 24.3 Å². The number of aromatic nitrogens is 1. The molecule has 2 heterocycles. The van der Waals surface area contributed by atoms with E-state index in [0.29, 0.717) is 15.6 Å². The largest absolute Gasteiger partial charge is 0.497 e. The SMILES string of the molecule is CCOC(=O)c1c(N/C=C(/C#N)c2nc(-c3ccc(OC)cc3)cs2)sc(C(=O)OCCOC)c1C. The molecular formula is C25H25N3O6S2. The number of nitriles is 1. The number of hydrogen-bond donors (Lipinski definition) is 1. The van der Waals surface area contributed by atoms with Crippen molar-refractivity contribution >= 4 is 45.2 Å². The van der Waals surface area contributed by atoms with Crippen molar-refractivity contribution in [2.24, 2.45) is 0 Å². The Morgan fingerprint density at radius 3 is 2.53 bits per heavy atom. The fraction of sp³-hybridized carbons (Fsp3) is 0.280. The van der Waals surface area contributed by atoms with Gasteiger partial charge in [0, 0.05) is 24.3 Å². The first-order valence-corrected chi connectivity index (χ1v) is 12.6. The highest BCUT2D eigenvalue weighted by atomic mass is 32.1. The van der Waals surface area contributed by atoms with Crippen LogP contribution in [0.4, 0.5) is 5.00 Å². The second-order valence-corrected chi connectivity index (χ2v) is 9.07. The average molecular weight is 528 g/mol. The smallest absolute Gasteiger partial charge is 0.348 e. The van der Waals surface area contributed by atoms with Crippen LogP contribution in [-0.2, 0) is 14.2 Å². The van der Waals surface area contributed by atoms with Crippen LogP contribution < -0.4 is 10.1 Å². The van der Waals surface area contributed by atoms with Gasteiger partial charge in [0.2, 0.25) is 0 Å². The van der Waals surface area contributed by atoms with Crippen LogP contribution in [0.3, 0.4) is 0 Å². The van der Waals surface area contributed by atoms with Gasteiger partial charge in [-0.15, -0.1) is 22.7 Å². The fourth-order valence-electron chi connectivity index (χ4n) is 3.11. The van der Waals surface area contributed by atoms with E-state index in [1.54, 1.807) is 21.0 Å². The molecule has 188 valence electrons. The van der Waals surface area contributed by atoms with Gasteiger partial charge in [0.1, 0.15) is 38.9 Å². The molecule has 0 spiro atoms. The Morgan fingerprint density at radius 2 is 1.89 bits per heavy atom. The van der Waals surface area contributed by atoms with E-state index in [2.05, 4.69) is 16.4 Å². The lowest BCUT2D eigenvalue weighted by atomic mass is 10.1. The summed E-state index contributed by atoms with van der Waals surface area (Å²) in [7, 11) is 3.11. The lowest BCUT2D eigenvalue weighted by Gasteiger charge is -2.05. The number of rotatable bonds is 11. The maximum atomic E-state index is 12.6. The number of hydrogen-bond acceptors (Lipinski definition) is 11. The molecule has 0 unspecified atom stereocenters. The average Bonchev–Trinajstić information content (AvgIpc) is 3.50. The number of thiazole rings is 1. The number of thiophene rings is 1. The van der Waals surface area contributed by atoms with Gasteiger partial charge in [-0.25, -0.2) is 14.6 Å². The quantitative estimate of drug-likeness (QED) is 0.205. The van der Waals surface area contributed by atoms with E-state index in [4.69, 9.17) is 18.9 Å². The Morgan fingerprint density at radius 1 is 1.14 bits per heavy atom. The Balaban J connectivity index is 1.88. The highest BCUT2D eigenvalue weighted by molar-refractivity contribution is 7.18. The van der Waals surface area contributed by atoms with Crippen molar-refractivity contribution in [3.05, 3.63) is 56.9 Å². The van der Waals surface area contributed by atoms with Gasteiger partial charge in [0.25, 0.3) is 0 Å². The molecule has 0 amide bonds. The van der Waals surface area contributed by atoms with Crippen LogP contribution in [-0.4, -0.2) is 51.0 Å². The third-order valence-corrected chi connectivity index (χ3v) is 7.00. The van der Waals surface area contributed by atoms with Crippen LogP contribution in [0, 0.1) is 18.3 Å². The summed E-state index contributed by atoms with van der Waals surface area (Å²) >= 11 is 2.37. The second-order valence-electron chi connectivity index (χ2n) is 7.19. The van der Waals surface area contributed by atoms with Crippen molar-refractivity contribution in [1.29, 1.82) is 5.26 Å². The highest BCUT2D eigenvalue weighted by Crippen LogP contribution is 2.35. The van der Waals surface area contributed by atoms with Gasteiger partial charge in [-0.3, -0.25) is 0 Å². The lowest BCUT2D eigenvalue weighted by molar-refractivity contribution is 0.0393. The number of nitrogens with zero attached hydrogens (tertiary/aromatic N) is 2. The number of nitrogens with one attached hydrogen (secondary N) is 1. The molecule has 0 saturated heterocycles. The molecule has 2 aromatic heterocycles. The topological polar surface area (TPSA) is 120 Å².